The van der Waals surface area contributed by atoms with Crippen molar-refractivity contribution < 1.29 is 19.4 Å². The predicted octanol–water partition coefficient (Wildman–Crippen LogP) is 2.24. The molecule has 8 nitrogen and oxygen atoms in total. The molecule has 3 aliphatic heterocycles. The maximum absolute atomic E-state index is 13.4. The lowest BCUT2D eigenvalue weighted by atomic mass is 9.99. The monoisotopic (exact) mass is 480 g/mol. The first-order valence-corrected chi connectivity index (χ1v) is 12.7. The van der Waals surface area contributed by atoms with Crippen molar-refractivity contribution in [2.24, 2.45) is 0 Å². The Kier molecular flexibility index (Phi) is 6.95. The van der Waals surface area contributed by atoms with Crippen LogP contribution in [0.25, 0.3) is 0 Å². The topological polar surface area (TPSA) is 87.2 Å². The van der Waals surface area contributed by atoms with E-state index in [0.717, 1.165) is 45.4 Å². The average molecular weight is 481 g/mol. The largest absolute Gasteiger partial charge is 0.474 e. The number of β-amino-alcohol motifs (C(OH)–C–C–N with tert-alkyl or cyclic N) is 1. The minimum atomic E-state index is -0.656. The van der Waals surface area contributed by atoms with Crippen LogP contribution in [0.4, 0.5) is 0 Å². The van der Waals surface area contributed by atoms with Crippen molar-refractivity contribution in [2.45, 2.75) is 57.5 Å². The van der Waals surface area contributed by atoms with Gasteiger partial charge >= 0.3 is 0 Å². The van der Waals surface area contributed by atoms with E-state index < -0.39 is 11.7 Å². The summed E-state index contributed by atoms with van der Waals surface area (Å²) < 4.78 is 12.3. The van der Waals surface area contributed by atoms with E-state index in [1.165, 1.54) is 11.1 Å². The number of nitrogens with one attached hydrogen (secondary N) is 1. The molecule has 3 aliphatic rings. The lowest BCUT2D eigenvalue weighted by Gasteiger charge is -2.33. The third-order valence-electron chi connectivity index (χ3n) is 6.98. The summed E-state index contributed by atoms with van der Waals surface area (Å²) in [6.07, 6.45) is 2.30. The van der Waals surface area contributed by atoms with Gasteiger partial charge in [-0.2, -0.15) is 4.98 Å². The number of rotatable bonds is 6. The molecule has 0 bridgehead atoms. The third-order valence-corrected chi connectivity index (χ3v) is 6.98. The van der Waals surface area contributed by atoms with Gasteiger partial charge in [-0.15, -0.1) is 0 Å². The van der Waals surface area contributed by atoms with Crippen LogP contribution >= 0.6 is 0 Å². The number of piperidine rings is 1. The molecule has 0 saturated carbocycles. The molecular weight excluding hydrogens is 444 g/mol. The minimum absolute atomic E-state index is 0.115. The van der Waals surface area contributed by atoms with E-state index in [-0.39, 0.29) is 18.6 Å². The molecule has 1 saturated heterocycles. The summed E-state index contributed by atoms with van der Waals surface area (Å²) >= 11 is 0. The molecular formula is C27H36N4O4. The van der Waals surface area contributed by atoms with Crippen LogP contribution < -0.4 is 14.8 Å². The number of hydrogen-bond acceptors (Lipinski definition) is 7. The standard InChI is InChI=1S/C27H36N4O4/c1-27(2)18-31(17-21(32)16-30-14-11-19-5-3-4-6-20(19)15-30)26(33)23-7-8-24(29-25(23)35-27)34-22-9-12-28-13-10-22/h3-8,21-22,28,32H,9-18H2,1-2H3/t21-/m1/s1. The molecule has 1 amide bonds. The number of hydrogen-bond donors (Lipinski definition) is 2. The highest BCUT2D eigenvalue weighted by Gasteiger charge is 2.36. The Balaban J connectivity index is 1.26. The lowest BCUT2D eigenvalue weighted by Crippen LogP contribution is -2.48. The van der Waals surface area contributed by atoms with Crippen LogP contribution in [0.2, 0.25) is 0 Å². The molecule has 0 aliphatic carbocycles. The van der Waals surface area contributed by atoms with E-state index in [9.17, 15) is 9.90 Å². The number of benzene rings is 1. The van der Waals surface area contributed by atoms with E-state index in [2.05, 4.69) is 39.5 Å². The smallest absolute Gasteiger partial charge is 0.259 e. The highest BCUT2D eigenvalue weighted by molar-refractivity contribution is 5.97. The number of nitrogens with zero attached hydrogens (tertiary/aromatic N) is 3. The van der Waals surface area contributed by atoms with Crippen molar-refractivity contribution in [2.75, 3.05) is 39.3 Å². The Hall–Kier alpha value is -2.68. The summed E-state index contributed by atoms with van der Waals surface area (Å²) in [6, 6.07) is 12.0. The average Bonchev–Trinajstić information content (AvgIpc) is 2.92. The Labute approximate surface area is 207 Å². The maximum atomic E-state index is 13.4. The molecule has 4 heterocycles. The van der Waals surface area contributed by atoms with Crippen molar-refractivity contribution in [1.82, 2.24) is 20.1 Å². The van der Waals surface area contributed by atoms with Crippen LogP contribution in [0.3, 0.4) is 0 Å². The molecule has 1 atom stereocenters. The molecule has 8 heteroatoms. The van der Waals surface area contributed by atoms with Crippen LogP contribution in [0.5, 0.6) is 11.8 Å². The van der Waals surface area contributed by atoms with Gasteiger partial charge in [0.15, 0.2) is 0 Å². The van der Waals surface area contributed by atoms with E-state index >= 15 is 0 Å². The molecule has 5 rings (SSSR count). The van der Waals surface area contributed by atoms with Gasteiger partial charge in [0.1, 0.15) is 17.3 Å². The molecule has 2 aromatic rings. The summed E-state index contributed by atoms with van der Waals surface area (Å²) in [6.45, 7) is 8.61. The predicted molar refractivity (Wildman–Crippen MR) is 133 cm³/mol. The zero-order valence-electron chi connectivity index (χ0n) is 20.7. The van der Waals surface area contributed by atoms with E-state index in [4.69, 9.17) is 9.47 Å². The number of aliphatic hydroxyl groups is 1. The minimum Gasteiger partial charge on any atom is -0.474 e. The quantitative estimate of drug-likeness (QED) is 0.656. The highest BCUT2D eigenvalue weighted by Crippen LogP contribution is 2.30. The van der Waals surface area contributed by atoms with Crippen LogP contribution in [-0.2, 0) is 13.0 Å². The first-order valence-electron chi connectivity index (χ1n) is 12.7. The number of carbonyl (C=O) groups excluding carboxylic acids is 1. The van der Waals surface area contributed by atoms with Crippen molar-refractivity contribution >= 4 is 5.91 Å². The molecule has 1 aromatic carbocycles. The number of fused-ring (bicyclic) bond motifs is 2. The van der Waals surface area contributed by atoms with Gasteiger partial charge in [0.05, 0.1) is 12.6 Å². The first kappa shape index (κ1) is 24.0. The fourth-order valence-corrected chi connectivity index (χ4v) is 5.28. The van der Waals surface area contributed by atoms with Crippen molar-refractivity contribution in [3.05, 3.63) is 53.1 Å². The Bertz CT molecular complexity index is 1050. The number of aliphatic hydroxyl groups excluding tert-OH is 1. The zero-order chi connectivity index (χ0) is 24.4. The first-order chi connectivity index (χ1) is 16.9. The van der Waals surface area contributed by atoms with Gasteiger partial charge in [-0.25, -0.2) is 0 Å². The van der Waals surface area contributed by atoms with Gasteiger partial charge in [0.2, 0.25) is 11.8 Å². The molecule has 35 heavy (non-hydrogen) atoms. The molecule has 1 aromatic heterocycles. The lowest BCUT2D eigenvalue weighted by molar-refractivity contribution is 0.0275. The molecule has 0 unspecified atom stereocenters. The Morgan fingerprint density at radius 3 is 2.74 bits per heavy atom. The second kappa shape index (κ2) is 10.1. The van der Waals surface area contributed by atoms with Gasteiger partial charge in [0.25, 0.3) is 5.91 Å². The van der Waals surface area contributed by atoms with Gasteiger partial charge in [-0.1, -0.05) is 24.3 Å². The summed E-state index contributed by atoms with van der Waals surface area (Å²) in [7, 11) is 0. The molecule has 188 valence electrons. The molecule has 1 fully saturated rings. The van der Waals surface area contributed by atoms with Crippen LogP contribution in [0.1, 0.15) is 48.2 Å². The molecule has 0 spiro atoms. The van der Waals surface area contributed by atoms with Crippen molar-refractivity contribution in [1.29, 1.82) is 0 Å². The van der Waals surface area contributed by atoms with E-state index in [0.29, 0.717) is 30.4 Å². The zero-order valence-corrected chi connectivity index (χ0v) is 20.7. The van der Waals surface area contributed by atoms with Crippen LogP contribution in [0.15, 0.2) is 36.4 Å². The van der Waals surface area contributed by atoms with Gasteiger partial charge in [-0.3, -0.25) is 9.69 Å². The Morgan fingerprint density at radius 2 is 1.94 bits per heavy atom. The molecule has 0 radical (unpaired) electrons. The number of ether oxygens (including phenoxy) is 2. The van der Waals surface area contributed by atoms with Crippen LogP contribution in [0, 0.1) is 0 Å². The SMILES string of the molecule is CC1(C)CN(C[C@H](O)CN2CCc3ccccc3C2)C(=O)c2ccc(OC3CCNCC3)nc2O1. The van der Waals surface area contributed by atoms with Gasteiger partial charge in [0, 0.05) is 32.2 Å². The van der Waals surface area contributed by atoms with Crippen LogP contribution in [-0.4, -0.2) is 82.9 Å². The molecule has 2 N–H and O–H groups in total. The second-order valence-electron chi connectivity index (χ2n) is 10.5. The fraction of sp³-hybridized carbons (Fsp3) is 0.556. The maximum Gasteiger partial charge on any atom is 0.259 e. The highest BCUT2D eigenvalue weighted by atomic mass is 16.5. The second-order valence-corrected chi connectivity index (χ2v) is 10.5. The Morgan fingerprint density at radius 1 is 1.17 bits per heavy atom. The fourth-order valence-electron chi connectivity index (χ4n) is 5.28. The van der Waals surface area contributed by atoms with Crippen molar-refractivity contribution in [3.8, 4) is 11.8 Å². The summed E-state index contributed by atoms with van der Waals surface area (Å²) in [4.78, 5) is 22.0. The summed E-state index contributed by atoms with van der Waals surface area (Å²) in [5.41, 5.74) is 2.46. The summed E-state index contributed by atoms with van der Waals surface area (Å²) in [5, 5.41) is 14.3. The van der Waals surface area contributed by atoms with E-state index in [1.807, 2.05) is 13.8 Å². The third kappa shape index (κ3) is 5.77. The van der Waals surface area contributed by atoms with E-state index in [1.54, 1.807) is 17.0 Å². The number of carbonyl (C=O) groups is 1. The van der Waals surface area contributed by atoms with Gasteiger partial charge < -0.3 is 24.8 Å². The number of amides is 1. The normalized spacial score (nSPS) is 21.5. The van der Waals surface area contributed by atoms with Crippen molar-refractivity contribution in [3.63, 3.8) is 0 Å². The van der Waals surface area contributed by atoms with Gasteiger partial charge in [-0.05, 0) is 63.4 Å². The number of pyridine rings is 1. The summed E-state index contributed by atoms with van der Waals surface area (Å²) in [5.74, 6) is 0.615. The number of aromatic nitrogens is 1.